The summed E-state index contributed by atoms with van der Waals surface area (Å²) in [4.78, 5) is 60.9. The lowest BCUT2D eigenvalue weighted by atomic mass is 9.89. The van der Waals surface area contributed by atoms with Crippen LogP contribution in [0.5, 0.6) is 0 Å². The number of hydrogen-bond acceptors (Lipinski definition) is 21. The summed E-state index contributed by atoms with van der Waals surface area (Å²) in [6.07, 6.45) is 0.0768. The van der Waals surface area contributed by atoms with Gasteiger partial charge >= 0.3 is 30.0 Å². The maximum Gasteiger partial charge on any atom is 0.519 e. The number of ether oxygens (including phenoxy) is 4. The van der Waals surface area contributed by atoms with Crippen molar-refractivity contribution in [1.29, 1.82) is 0 Å². The van der Waals surface area contributed by atoms with Crippen molar-refractivity contribution in [3.63, 3.8) is 0 Å². The first-order valence-corrected chi connectivity index (χ1v) is 17.6. The maximum absolute atomic E-state index is 14.2. The lowest BCUT2D eigenvalue weighted by molar-refractivity contribution is -0.108. The van der Waals surface area contributed by atoms with Crippen LogP contribution in [-0.4, -0.2) is 78.8 Å². The highest BCUT2D eigenvalue weighted by atomic mass is 19.1. The summed E-state index contributed by atoms with van der Waals surface area (Å²) in [5, 5.41) is 22.7. The van der Waals surface area contributed by atoms with Gasteiger partial charge in [-0.2, -0.15) is 28.7 Å². The first-order valence-electron chi connectivity index (χ1n) is 17.6. The van der Waals surface area contributed by atoms with Crippen LogP contribution in [0.3, 0.4) is 0 Å². The van der Waals surface area contributed by atoms with E-state index in [0.29, 0.717) is 0 Å². The average molecular weight is 837 g/mol. The Morgan fingerprint density at radius 2 is 1.20 bits per heavy atom. The number of imidazole rings is 2. The predicted molar refractivity (Wildman–Crippen MR) is 190 cm³/mol. The van der Waals surface area contributed by atoms with Gasteiger partial charge in [-0.05, 0) is 13.8 Å². The van der Waals surface area contributed by atoms with Gasteiger partial charge in [-0.25, -0.2) is 24.4 Å². The molecule has 6 aromatic heterocycles. The molecule has 0 amide bonds. The lowest BCUT2D eigenvalue weighted by Gasteiger charge is -2.31. The quantitative estimate of drug-likeness (QED) is 0.0863. The molecule has 6 N–H and O–H groups in total. The highest BCUT2D eigenvalue weighted by molar-refractivity contribution is 5.82. The molecular formula is C35H30F2N10O13. The number of aliphatic hydroxyl groups is 2. The van der Waals surface area contributed by atoms with Gasteiger partial charge in [0.05, 0.1) is 24.9 Å². The number of halogens is 2. The molecule has 2 unspecified atom stereocenters. The second-order valence-electron chi connectivity index (χ2n) is 13.7. The van der Waals surface area contributed by atoms with E-state index in [1.54, 1.807) is 0 Å². The smallest absolute Gasteiger partial charge is 0.422 e. The van der Waals surface area contributed by atoms with Crippen molar-refractivity contribution in [3.8, 4) is 24.7 Å². The van der Waals surface area contributed by atoms with Crippen molar-refractivity contribution in [1.82, 2.24) is 39.0 Å². The Labute approximate surface area is 332 Å². The Morgan fingerprint density at radius 1 is 0.800 bits per heavy atom. The fourth-order valence-electron chi connectivity index (χ4n) is 7.32. The number of aryl methyl sites for hydroxylation is 2. The fourth-order valence-corrected chi connectivity index (χ4v) is 7.32. The third-order valence-electron chi connectivity index (χ3n) is 10.2. The molecule has 0 aliphatic carbocycles. The highest BCUT2D eigenvalue weighted by Gasteiger charge is 2.53. The number of carbonyl (C=O) groups is 1. The largest absolute Gasteiger partial charge is 0.519 e. The molecule has 60 heavy (non-hydrogen) atoms. The van der Waals surface area contributed by atoms with Crippen molar-refractivity contribution in [2.45, 2.75) is 87.6 Å². The molecule has 25 heteroatoms. The van der Waals surface area contributed by atoms with Crippen molar-refractivity contribution >= 4 is 40.1 Å². The summed E-state index contributed by atoms with van der Waals surface area (Å²) in [5.74, 6) is 0.790. The summed E-state index contributed by atoms with van der Waals surface area (Å²) in [6, 6.07) is 0. The Balaban J connectivity index is 1.08. The highest BCUT2D eigenvalue weighted by Crippen LogP contribution is 2.46. The van der Waals surface area contributed by atoms with E-state index < -0.39 is 90.9 Å². The van der Waals surface area contributed by atoms with Gasteiger partial charge in [0.2, 0.25) is 0 Å². The molecular weight excluding hydrogens is 806 g/mol. The number of nitrogen functional groups attached to an aromatic ring is 2. The third-order valence-corrected chi connectivity index (χ3v) is 10.2. The maximum atomic E-state index is 14.2. The Bertz CT molecular complexity index is 2680. The summed E-state index contributed by atoms with van der Waals surface area (Å²) in [5.41, 5.74) is 7.48. The van der Waals surface area contributed by atoms with Crippen molar-refractivity contribution in [3.05, 3.63) is 69.1 Å². The van der Waals surface area contributed by atoms with Gasteiger partial charge in [-0.1, -0.05) is 11.8 Å². The zero-order chi connectivity index (χ0) is 42.8. The summed E-state index contributed by atoms with van der Waals surface area (Å²) in [6.45, 7) is 2.62. The first kappa shape index (κ1) is 39.6. The molecule has 0 bridgehead atoms. The number of aromatic nitrogens is 8. The molecule has 23 nitrogen and oxygen atoms in total. The minimum Gasteiger partial charge on any atom is -0.422 e. The molecule has 0 aromatic carbocycles. The molecule has 2 aliphatic heterocycles. The standard InChI is InChI=1S/C35H30F2N10O13/c1-5-34(17(48)7-19(59-34)46-11-40-21-25(38)42-29(36)44-27(21)46)9-15(23-13(3)53-31(50)57-23)55-33(52)56-16(24-14(4)54-32(51)58-24)10-35(6-2)18(49)8-20(60-35)47-12-41-22-26(39)43-30(37)45-28(22)47/h1-2,11-12,15-20,48-49H,7-10H2,3-4H3,(H2,38,42,44)(H2,39,43,45)/t15?,16?,17-,18-,19+,20+,34-,35-/m0/s1. The second kappa shape index (κ2) is 14.6. The number of fused-ring (bicyclic) bond motifs is 2. The zero-order valence-corrected chi connectivity index (χ0v) is 31.0. The molecule has 8 atom stereocenters. The molecule has 0 saturated carbocycles. The minimum atomic E-state index is -2.01. The third kappa shape index (κ3) is 6.74. The van der Waals surface area contributed by atoms with Crippen LogP contribution in [0.25, 0.3) is 22.3 Å². The number of hydrogen-bond donors (Lipinski definition) is 4. The van der Waals surface area contributed by atoms with Crippen LogP contribution >= 0.6 is 0 Å². The SMILES string of the molecule is C#C[C@@]1(CC(OC(=O)OC(C[C@]2(C#C)O[C@@H](n3cnc4c(N)nc(F)nc43)C[C@@H]2O)c2oc(=O)oc2C)c2oc(=O)oc2C)O[C@@H](n2cnc3c(N)nc(F)nc32)C[C@@H]1O. The van der Waals surface area contributed by atoms with Gasteiger partial charge in [0.1, 0.15) is 12.5 Å². The monoisotopic (exact) mass is 836 g/mol. The minimum absolute atomic E-state index is 0.0358. The van der Waals surface area contributed by atoms with Crippen LogP contribution in [0.2, 0.25) is 0 Å². The molecule has 0 spiro atoms. The van der Waals surface area contributed by atoms with E-state index in [-0.39, 0.29) is 69.8 Å². The van der Waals surface area contributed by atoms with Gasteiger partial charge in [-0.3, -0.25) is 9.13 Å². The molecule has 2 saturated heterocycles. The van der Waals surface area contributed by atoms with Crippen LogP contribution in [-0.2, 0) is 18.9 Å². The number of nitrogens with two attached hydrogens (primary N) is 2. The number of nitrogens with zero attached hydrogens (tertiary/aromatic N) is 8. The van der Waals surface area contributed by atoms with E-state index in [4.69, 9.17) is 60.9 Å². The molecule has 6 aromatic rings. The van der Waals surface area contributed by atoms with Gasteiger partial charge < -0.3 is 58.3 Å². The summed E-state index contributed by atoms with van der Waals surface area (Å²) in [7, 11) is 0. The van der Waals surface area contributed by atoms with Crippen LogP contribution in [0, 0.1) is 50.7 Å². The predicted octanol–water partition coefficient (Wildman–Crippen LogP) is 1.54. The molecule has 2 aliphatic rings. The van der Waals surface area contributed by atoms with Crippen LogP contribution in [0.15, 0.2) is 39.9 Å². The van der Waals surface area contributed by atoms with Crippen LogP contribution < -0.4 is 23.1 Å². The number of anilines is 2. The van der Waals surface area contributed by atoms with E-state index in [9.17, 15) is 33.4 Å². The van der Waals surface area contributed by atoms with Crippen molar-refractivity contribution in [2.24, 2.45) is 0 Å². The second-order valence-corrected chi connectivity index (χ2v) is 13.7. The van der Waals surface area contributed by atoms with Gasteiger partial charge in [0.25, 0.3) is 0 Å². The molecule has 0 radical (unpaired) electrons. The molecule has 8 heterocycles. The van der Waals surface area contributed by atoms with E-state index >= 15 is 0 Å². The van der Waals surface area contributed by atoms with Crippen molar-refractivity contribution in [2.75, 3.05) is 11.5 Å². The summed E-state index contributed by atoms with van der Waals surface area (Å²) < 4.78 is 74.9. The molecule has 312 valence electrons. The summed E-state index contributed by atoms with van der Waals surface area (Å²) >= 11 is 0. The van der Waals surface area contributed by atoms with Crippen molar-refractivity contribution < 1.29 is 60.4 Å². The molecule has 8 rings (SSSR count). The van der Waals surface area contributed by atoms with E-state index in [0.717, 1.165) is 0 Å². The number of carbonyl (C=O) groups excluding carboxylic acids is 1. The fraction of sp³-hybridized carbons (Fsp3) is 0.400. The normalized spacial score (nSPS) is 25.0. The topological polar surface area (TPSA) is 320 Å². The number of terminal acetylenes is 2. The average Bonchev–Trinajstić information content (AvgIpc) is 4.03. The lowest BCUT2D eigenvalue weighted by Crippen LogP contribution is -2.41. The van der Waals surface area contributed by atoms with E-state index in [1.807, 2.05) is 0 Å². The van der Waals surface area contributed by atoms with Crippen LogP contribution in [0.4, 0.5) is 25.2 Å². The number of rotatable bonds is 10. The Morgan fingerprint density at radius 3 is 1.55 bits per heavy atom. The van der Waals surface area contributed by atoms with E-state index in [1.165, 1.54) is 35.6 Å². The van der Waals surface area contributed by atoms with Gasteiger partial charge in [0, 0.05) is 25.7 Å². The van der Waals surface area contributed by atoms with Gasteiger partial charge in [-0.15, -0.1) is 12.8 Å². The molecule has 2 fully saturated rings. The zero-order valence-electron chi connectivity index (χ0n) is 31.0. The van der Waals surface area contributed by atoms with Crippen LogP contribution in [0.1, 0.15) is 73.4 Å². The number of aliphatic hydroxyl groups excluding tert-OH is 2. The Kier molecular flexibility index (Phi) is 9.62. The Hall–Kier alpha value is -7.19. The first-order chi connectivity index (χ1) is 28.5. The van der Waals surface area contributed by atoms with Gasteiger partial charge in [0.15, 0.2) is 80.4 Å². The van der Waals surface area contributed by atoms with E-state index in [2.05, 4.69) is 41.7 Å².